The molecule has 1 aliphatic carbocycles. The van der Waals surface area contributed by atoms with E-state index in [-0.39, 0.29) is 5.97 Å². The normalized spacial score (nSPS) is 18.1. The molecule has 0 radical (unpaired) electrons. The van der Waals surface area contributed by atoms with Crippen LogP contribution in [0.5, 0.6) is 0 Å². The van der Waals surface area contributed by atoms with Gasteiger partial charge in [-0.2, -0.15) is 4.31 Å². The lowest BCUT2D eigenvalue weighted by Crippen LogP contribution is -2.37. The number of hydrogen-bond acceptors (Lipinski definition) is 4. The maximum Gasteiger partial charge on any atom is 0.333 e. The predicted octanol–water partition coefficient (Wildman–Crippen LogP) is 4.46. The number of methoxy groups -OCH3 is 1. The van der Waals surface area contributed by atoms with Gasteiger partial charge in [-0.3, -0.25) is 0 Å². The van der Waals surface area contributed by atoms with Crippen LogP contribution in [0, 0.1) is 6.92 Å². The third-order valence-corrected chi connectivity index (χ3v) is 8.34. The molecule has 5 nitrogen and oxygen atoms in total. The average Bonchev–Trinajstić information content (AvgIpc) is 3.01. The predicted molar refractivity (Wildman–Crippen MR) is 121 cm³/mol. The molecule has 0 aromatic heterocycles. The lowest BCUT2D eigenvalue weighted by molar-refractivity contribution is -0.136. The first-order valence-electron chi connectivity index (χ1n) is 10.9. The van der Waals surface area contributed by atoms with E-state index in [0.717, 1.165) is 48.8 Å². The number of carbonyl (C=O) groups excluding carboxylic acids is 1. The summed E-state index contributed by atoms with van der Waals surface area (Å²) in [5.74, 6) is 0.0564. The summed E-state index contributed by atoms with van der Waals surface area (Å²) in [7, 11) is -2.03. The fourth-order valence-corrected chi connectivity index (χ4v) is 6.01. The molecule has 2 aromatic rings. The van der Waals surface area contributed by atoms with Gasteiger partial charge >= 0.3 is 5.97 Å². The highest BCUT2D eigenvalue weighted by atomic mass is 32.2. The van der Waals surface area contributed by atoms with Gasteiger partial charge in [0.15, 0.2) is 0 Å². The Labute approximate surface area is 184 Å². The fraction of sp³-hybridized carbons (Fsp3) is 0.400. The van der Waals surface area contributed by atoms with Gasteiger partial charge in [-0.1, -0.05) is 35.9 Å². The van der Waals surface area contributed by atoms with Gasteiger partial charge < -0.3 is 4.74 Å². The van der Waals surface area contributed by atoms with Crippen LogP contribution in [0.4, 0.5) is 0 Å². The van der Waals surface area contributed by atoms with Crippen LogP contribution in [0.15, 0.2) is 52.9 Å². The molecule has 1 aliphatic heterocycles. The van der Waals surface area contributed by atoms with Crippen molar-refractivity contribution in [3.63, 3.8) is 0 Å². The summed E-state index contributed by atoms with van der Waals surface area (Å²) in [5, 5.41) is 0. The summed E-state index contributed by atoms with van der Waals surface area (Å²) in [6.45, 7) is 2.98. The highest BCUT2D eigenvalue weighted by molar-refractivity contribution is 7.89. The molecule has 31 heavy (non-hydrogen) atoms. The lowest BCUT2D eigenvalue weighted by atomic mass is 9.88. The summed E-state index contributed by atoms with van der Waals surface area (Å²) in [4.78, 5) is 12.4. The maximum absolute atomic E-state index is 13.0. The number of aryl methyl sites for hydroxylation is 2. The Hall–Kier alpha value is -2.44. The molecule has 0 spiro atoms. The van der Waals surface area contributed by atoms with Crippen LogP contribution in [0.1, 0.15) is 53.9 Å². The molecule has 0 atom stereocenters. The topological polar surface area (TPSA) is 63.7 Å². The van der Waals surface area contributed by atoms with Crippen LogP contribution in [0.2, 0.25) is 0 Å². The first-order valence-corrected chi connectivity index (χ1v) is 12.3. The van der Waals surface area contributed by atoms with Crippen LogP contribution in [-0.4, -0.2) is 38.9 Å². The number of nitrogens with zero attached hydrogens (tertiary/aromatic N) is 1. The Morgan fingerprint density at radius 3 is 2.42 bits per heavy atom. The van der Waals surface area contributed by atoms with Gasteiger partial charge in [0.05, 0.1) is 12.0 Å². The number of hydrogen-bond donors (Lipinski definition) is 0. The molecular weight excluding hydrogens is 410 g/mol. The Kier molecular flexibility index (Phi) is 6.30. The first-order chi connectivity index (χ1) is 14.9. The van der Waals surface area contributed by atoms with Crippen molar-refractivity contribution in [1.29, 1.82) is 0 Å². The van der Waals surface area contributed by atoms with Gasteiger partial charge in [0.25, 0.3) is 0 Å². The van der Waals surface area contributed by atoms with Crippen LogP contribution in [0.3, 0.4) is 0 Å². The second kappa shape index (κ2) is 8.97. The van der Waals surface area contributed by atoms with Crippen molar-refractivity contribution in [1.82, 2.24) is 4.31 Å². The molecule has 1 saturated heterocycles. The van der Waals surface area contributed by atoms with Crippen molar-refractivity contribution in [2.75, 3.05) is 20.2 Å². The zero-order valence-corrected chi connectivity index (χ0v) is 19.0. The second-order valence-electron chi connectivity index (χ2n) is 8.46. The number of sulfonamides is 1. The third kappa shape index (κ3) is 4.60. The average molecular weight is 440 g/mol. The monoisotopic (exact) mass is 439 g/mol. The van der Waals surface area contributed by atoms with E-state index in [2.05, 4.69) is 18.2 Å². The molecule has 2 aliphatic rings. The molecule has 6 heteroatoms. The number of fused-ring (bicyclic) bond motifs is 1. The fourth-order valence-electron chi connectivity index (χ4n) is 4.54. The van der Waals surface area contributed by atoms with E-state index in [9.17, 15) is 13.2 Å². The molecule has 2 aromatic carbocycles. The van der Waals surface area contributed by atoms with Gasteiger partial charge in [-0.05, 0) is 79.8 Å². The van der Waals surface area contributed by atoms with Crippen LogP contribution in [-0.2, 0) is 26.0 Å². The number of piperidine rings is 1. The molecule has 0 unspecified atom stereocenters. The van der Waals surface area contributed by atoms with Crippen molar-refractivity contribution in [2.24, 2.45) is 0 Å². The van der Waals surface area contributed by atoms with E-state index in [1.54, 1.807) is 16.4 Å². The largest absolute Gasteiger partial charge is 0.466 e. The standard InChI is InChI=1S/C25H29NO4S/c1-18-6-10-24(11-7-18)31(28,29)26-14-12-20(13-15-26)21-9-8-19-4-3-5-22(25(27)30-2)17-23(19)16-21/h6-11,16-17,20H,3-5,12-15H2,1-2H3. The summed E-state index contributed by atoms with van der Waals surface area (Å²) < 4.78 is 32.5. The lowest BCUT2D eigenvalue weighted by Gasteiger charge is -2.31. The number of ether oxygens (including phenoxy) is 1. The van der Waals surface area contributed by atoms with Crippen molar-refractivity contribution < 1.29 is 17.9 Å². The van der Waals surface area contributed by atoms with E-state index >= 15 is 0 Å². The van der Waals surface area contributed by atoms with Crippen LogP contribution < -0.4 is 0 Å². The van der Waals surface area contributed by atoms with Gasteiger partial charge in [-0.25, -0.2) is 13.2 Å². The van der Waals surface area contributed by atoms with Crippen molar-refractivity contribution in [3.05, 3.63) is 70.3 Å². The smallest absolute Gasteiger partial charge is 0.333 e. The summed E-state index contributed by atoms with van der Waals surface area (Å²) in [6.07, 6.45) is 6.15. The molecule has 0 bridgehead atoms. The van der Waals surface area contributed by atoms with Gasteiger partial charge in [0, 0.05) is 18.7 Å². The zero-order valence-electron chi connectivity index (χ0n) is 18.1. The number of benzene rings is 2. The molecule has 0 saturated carbocycles. The van der Waals surface area contributed by atoms with Crippen molar-refractivity contribution >= 4 is 22.1 Å². The summed E-state index contributed by atoms with van der Waals surface area (Å²) in [5.41, 5.74) is 5.32. The highest BCUT2D eigenvalue weighted by Crippen LogP contribution is 2.33. The molecule has 164 valence electrons. The van der Waals surface area contributed by atoms with Crippen LogP contribution in [0.25, 0.3) is 6.08 Å². The number of esters is 1. The maximum atomic E-state index is 13.0. The Balaban J connectivity index is 1.50. The minimum atomic E-state index is -3.45. The van der Waals surface area contributed by atoms with Gasteiger partial charge in [0.2, 0.25) is 10.0 Å². The summed E-state index contributed by atoms with van der Waals surface area (Å²) in [6, 6.07) is 13.6. The molecule has 0 amide bonds. The molecule has 4 rings (SSSR count). The minimum absolute atomic E-state index is 0.257. The molecule has 0 N–H and O–H groups in total. The Morgan fingerprint density at radius 2 is 1.74 bits per heavy atom. The van der Waals surface area contributed by atoms with E-state index in [4.69, 9.17) is 4.74 Å². The minimum Gasteiger partial charge on any atom is -0.466 e. The van der Waals surface area contributed by atoms with E-state index in [1.807, 2.05) is 25.1 Å². The molecular formula is C25H29NO4S. The number of rotatable bonds is 4. The van der Waals surface area contributed by atoms with Gasteiger partial charge in [-0.15, -0.1) is 0 Å². The molecule has 1 heterocycles. The summed E-state index contributed by atoms with van der Waals surface area (Å²) >= 11 is 0. The highest BCUT2D eigenvalue weighted by Gasteiger charge is 2.30. The van der Waals surface area contributed by atoms with Crippen molar-refractivity contribution in [2.45, 2.75) is 49.8 Å². The first kappa shape index (κ1) is 21.8. The molecule has 1 fully saturated rings. The Morgan fingerprint density at radius 1 is 1.03 bits per heavy atom. The quantitative estimate of drug-likeness (QED) is 0.660. The zero-order chi connectivity index (χ0) is 22.0. The second-order valence-corrected chi connectivity index (χ2v) is 10.4. The SMILES string of the molecule is COC(=O)C1=Cc2cc(C3CCN(S(=O)(=O)c4ccc(C)cc4)CC3)ccc2CCC1. The van der Waals surface area contributed by atoms with E-state index in [0.29, 0.717) is 23.9 Å². The van der Waals surface area contributed by atoms with Crippen molar-refractivity contribution in [3.8, 4) is 0 Å². The van der Waals surface area contributed by atoms with Crippen LogP contribution >= 0.6 is 0 Å². The number of carbonyl (C=O) groups is 1. The van der Waals surface area contributed by atoms with Gasteiger partial charge in [0.1, 0.15) is 0 Å². The van der Waals surface area contributed by atoms with E-state index < -0.39 is 10.0 Å². The van der Waals surface area contributed by atoms with E-state index in [1.165, 1.54) is 18.2 Å². The Bertz CT molecular complexity index is 1090. The third-order valence-electron chi connectivity index (χ3n) is 6.42.